The van der Waals surface area contributed by atoms with E-state index in [4.69, 9.17) is 9.47 Å². The minimum absolute atomic E-state index is 0.00200. The highest BCUT2D eigenvalue weighted by Gasteiger charge is 2.14. The Balaban J connectivity index is 1.54. The van der Waals surface area contributed by atoms with Crippen molar-refractivity contribution in [3.63, 3.8) is 0 Å². The summed E-state index contributed by atoms with van der Waals surface area (Å²) < 4.78 is 39.5. The molecule has 4 rings (SSSR count). The molecule has 0 aliphatic carbocycles. The number of fused-ring (bicyclic) bond motifs is 1. The lowest BCUT2D eigenvalue weighted by molar-refractivity contribution is 0.0696. The van der Waals surface area contributed by atoms with Crippen LogP contribution < -0.4 is 9.47 Å². The third-order valence-corrected chi connectivity index (χ3v) is 4.94. The molecule has 6 nitrogen and oxygen atoms in total. The second-order valence-electron chi connectivity index (χ2n) is 6.62. The molecule has 0 aliphatic heterocycles. The van der Waals surface area contributed by atoms with Gasteiger partial charge in [0.15, 0.2) is 11.5 Å². The maximum Gasteiger partial charge on any atom is 0.335 e. The summed E-state index contributed by atoms with van der Waals surface area (Å²) in [5.41, 5.74) is 1.41. The van der Waals surface area contributed by atoms with Crippen molar-refractivity contribution in [1.29, 1.82) is 0 Å². The van der Waals surface area contributed by atoms with E-state index in [0.717, 1.165) is 0 Å². The normalized spacial score (nSPS) is 10.9. The molecule has 0 saturated carbocycles. The molecule has 0 fully saturated rings. The summed E-state index contributed by atoms with van der Waals surface area (Å²) in [6.45, 7) is -0.117. The van der Waals surface area contributed by atoms with Crippen molar-refractivity contribution in [2.45, 2.75) is 13.2 Å². The van der Waals surface area contributed by atoms with E-state index < -0.39 is 11.8 Å². The molecule has 0 spiro atoms. The van der Waals surface area contributed by atoms with Crippen LogP contribution >= 0.6 is 15.9 Å². The Bertz CT molecular complexity index is 1280. The topological polar surface area (TPSA) is 84.4 Å². The molecule has 0 atom stereocenters. The molecule has 0 saturated heterocycles. The Labute approximate surface area is 183 Å². The van der Waals surface area contributed by atoms with Crippen LogP contribution in [-0.4, -0.2) is 21.0 Å². The molecule has 9 heteroatoms. The number of nitrogens with zero attached hydrogens (tertiary/aromatic N) is 1. The Kier molecular flexibility index (Phi) is 5.85. The minimum Gasteiger partial charge on any atom is -0.485 e. The highest BCUT2D eigenvalue weighted by Crippen LogP contribution is 2.30. The first kappa shape index (κ1) is 20.8. The number of hydrogen-bond acceptors (Lipinski definition) is 4. The van der Waals surface area contributed by atoms with Gasteiger partial charge in [0.25, 0.3) is 0 Å². The molecule has 3 aromatic carbocycles. The molecule has 2 N–H and O–H groups in total. The van der Waals surface area contributed by atoms with Gasteiger partial charge in [0.05, 0.1) is 16.6 Å². The fraction of sp³-hybridized carbons (Fsp3) is 0.0909. The maximum atomic E-state index is 14.1. The van der Waals surface area contributed by atoms with E-state index in [0.29, 0.717) is 26.9 Å². The molecule has 0 aliphatic rings. The molecule has 31 heavy (non-hydrogen) atoms. The monoisotopic (exact) mass is 488 g/mol. The van der Waals surface area contributed by atoms with Crippen LogP contribution in [0, 0.1) is 11.6 Å². The van der Waals surface area contributed by atoms with Crippen LogP contribution in [0.1, 0.15) is 21.7 Å². The molecule has 1 heterocycles. The van der Waals surface area contributed by atoms with Gasteiger partial charge in [-0.3, -0.25) is 0 Å². The number of carboxylic acid groups (broad SMARTS) is 1. The molecular weight excluding hydrogens is 474 g/mol. The third kappa shape index (κ3) is 4.83. The first-order valence-corrected chi connectivity index (χ1v) is 9.89. The largest absolute Gasteiger partial charge is 0.485 e. The first-order valence-electron chi connectivity index (χ1n) is 9.10. The van der Waals surface area contributed by atoms with Crippen molar-refractivity contribution >= 4 is 32.9 Å². The Morgan fingerprint density at radius 3 is 2.58 bits per heavy atom. The van der Waals surface area contributed by atoms with Crippen molar-refractivity contribution in [1.82, 2.24) is 9.97 Å². The van der Waals surface area contributed by atoms with Crippen LogP contribution in [0.3, 0.4) is 0 Å². The molecule has 4 aromatic rings. The quantitative estimate of drug-likeness (QED) is 0.360. The smallest absolute Gasteiger partial charge is 0.335 e. The summed E-state index contributed by atoms with van der Waals surface area (Å²) in [6.07, 6.45) is 0. The fourth-order valence-corrected chi connectivity index (χ4v) is 3.25. The Morgan fingerprint density at radius 2 is 1.81 bits per heavy atom. The molecule has 1 aromatic heterocycles. The molecular formula is C22H15BrF2N2O4. The number of hydrogen-bond donors (Lipinski definition) is 2. The van der Waals surface area contributed by atoms with Gasteiger partial charge in [-0.05, 0) is 48.5 Å². The van der Waals surface area contributed by atoms with Crippen LogP contribution in [0.5, 0.6) is 11.5 Å². The average molecular weight is 489 g/mol. The predicted molar refractivity (Wildman–Crippen MR) is 112 cm³/mol. The number of nitrogens with one attached hydrogen (secondary N) is 1. The van der Waals surface area contributed by atoms with Crippen molar-refractivity contribution in [3.05, 3.63) is 87.7 Å². The Hall–Kier alpha value is -3.46. The van der Waals surface area contributed by atoms with E-state index in [-0.39, 0.29) is 36.1 Å². The number of aromatic amines is 1. The van der Waals surface area contributed by atoms with Gasteiger partial charge in [-0.1, -0.05) is 22.0 Å². The van der Waals surface area contributed by atoms with E-state index in [2.05, 4.69) is 25.9 Å². The molecule has 0 bridgehead atoms. The van der Waals surface area contributed by atoms with E-state index in [1.165, 1.54) is 36.4 Å². The van der Waals surface area contributed by atoms with E-state index >= 15 is 0 Å². The summed E-state index contributed by atoms with van der Waals surface area (Å²) in [5, 5.41) is 9.26. The van der Waals surface area contributed by atoms with Gasteiger partial charge in [-0.2, -0.15) is 0 Å². The SMILES string of the molecule is O=C(O)c1ccc(OCc2nc3ccc(F)cc3[nH]2)c(OCc2ccc(Br)cc2F)c1. The number of halogens is 3. The zero-order chi connectivity index (χ0) is 22.0. The Morgan fingerprint density at radius 1 is 1.00 bits per heavy atom. The van der Waals surface area contributed by atoms with E-state index in [9.17, 15) is 18.7 Å². The second-order valence-corrected chi connectivity index (χ2v) is 7.54. The summed E-state index contributed by atoms with van der Waals surface area (Å²) in [5.74, 6) is -1.12. The lowest BCUT2D eigenvalue weighted by Gasteiger charge is -2.13. The summed E-state index contributed by atoms with van der Waals surface area (Å²) >= 11 is 3.19. The summed E-state index contributed by atoms with van der Waals surface area (Å²) in [7, 11) is 0. The highest BCUT2D eigenvalue weighted by atomic mass is 79.9. The molecule has 0 amide bonds. The number of aromatic carboxylic acids is 1. The van der Waals surface area contributed by atoms with E-state index in [1.807, 2.05) is 0 Å². The van der Waals surface area contributed by atoms with Crippen molar-refractivity contribution < 1.29 is 28.2 Å². The number of rotatable bonds is 7. The average Bonchev–Trinajstić information content (AvgIpc) is 3.13. The van der Waals surface area contributed by atoms with Crippen molar-refractivity contribution in [2.24, 2.45) is 0 Å². The predicted octanol–water partition coefficient (Wildman–Crippen LogP) is 5.46. The standard InChI is InChI=1S/C22H15BrF2N2O4/c23-14-3-1-13(16(25)8-14)10-30-20-7-12(22(28)29)2-6-19(20)31-11-21-26-17-5-4-15(24)9-18(17)27-21/h1-9H,10-11H2,(H,26,27)(H,28,29). The van der Waals surface area contributed by atoms with Gasteiger partial charge >= 0.3 is 5.97 Å². The van der Waals surface area contributed by atoms with Gasteiger partial charge < -0.3 is 19.6 Å². The minimum atomic E-state index is -1.13. The van der Waals surface area contributed by atoms with Crippen LogP contribution in [0.2, 0.25) is 0 Å². The van der Waals surface area contributed by atoms with Crippen LogP contribution in [0.4, 0.5) is 8.78 Å². The lowest BCUT2D eigenvalue weighted by atomic mass is 10.2. The zero-order valence-corrected chi connectivity index (χ0v) is 17.4. The first-order chi connectivity index (χ1) is 14.9. The van der Waals surface area contributed by atoms with Gasteiger partial charge in [-0.15, -0.1) is 0 Å². The number of imidazole rings is 1. The number of carboxylic acids is 1. The number of aromatic nitrogens is 2. The van der Waals surface area contributed by atoms with Crippen molar-refractivity contribution in [2.75, 3.05) is 0 Å². The lowest BCUT2D eigenvalue weighted by Crippen LogP contribution is -2.04. The van der Waals surface area contributed by atoms with Crippen LogP contribution in [-0.2, 0) is 13.2 Å². The highest BCUT2D eigenvalue weighted by molar-refractivity contribution is 9.10. The number of carbonyl (C=O) groups is 1. The summed E-state index contributed by atoms with van der Waals surface area (Å²) in [6, 6.07) is 12.9. The van der Waals surface area contributed by atoms with Crippen LogP contribution in [0.25, 0.3) is 11.0 Å². The van der Waals surface area contributed by atoms with Gasteiger partial charge in [0.1, 0.15) is 30.7 Å². The van der Waals surface area contributed by atoms with Crippen molar-refractivity contribution in [3.8, 4) is 11.5 Å². The molecule has 158 valence electrons. The fourth-order valence-electron chi connectivity index (χ4n) is 2.92. The third-order valence-electron chi connectivity index (χ3n) is 4.45. The number of H-pyrrole nitrogens is 1. The molecule has 0 unspecified atom stereocenters. The van der Waals surface area contributed by atoms with Gasteiger partial charge in [0, 0.05) is 10.0 Å². The second kappa shape index (κ2) is 8.73. The zero-order valence-electron chi connectivity index (χ0n) is 15.9. The van der Waals surface area contributed by atoms with Gasteiger partial charge in [-0.25, -0.2) is 18.6 Å². The maximum absolute atomic E-state index is 14.1. The van der Waals surface area contributed by atoms with Gasteiger partial charge in [0.2, 0.25) is 0 Å². The van der Waals surface area contributed by atoms with Crippen LogP contribution in [0.15, 0.2) is 59.1 Å². The van der Waals surface area contributed by atoms with E-state index in [1.54, 1.807) is 18.2 Å². The summed E-state index contributed by atoms with van der Waals surface area (Å²) in [4.78, 5) is 18.6. The number of benzene rings is 3. The molecule has 0 radical (unpaired) electrons. The number of ether oxygens (including phenoxy) is 2.